The highest BCUT2D eigenvalue weighted by molar-refractivity contribution is 5.71. The summed E-state index contributed by atoms with van der Waals surface area (Å²) in [6.45, 7) is 10.2. The van der Waals surface area contributed by atoms with Crippen molar-refractivity contribution in [2.24, 2.45) is 0 Å². The fourth-order valence-corrected chi connectivity index (χ4v) is 2.24. The molecule has 8 heteroatoms. The van der Waals surface area contributed by atoms with Crippen LogP contribution in [0, 0.1) is 0 Å². The van der Waals surface area contributed by atoms with Crippen LogP contribution in [0.15, 0.2) is 0 Å². The van der Waals surface area contributed by atoms with Gasteiger partial charge in [-0.15, -0.1) is 5.59 Å². The van der Waals surface area contributed by atoms with Gasteiger partial charge in [0.1, 0.15) is 6.23 Å². The lowest BCUT2D eigenvalue weighted by molar-refractivity contribution is -0.325. The molecule has 0 saturated carbocycles. The number of nitrogens with one attached hydrogen (secondary N) is 3. The van der Waals surface area contributed by atoms with Gasteiger partial charge in [0, 0.05) is 18.1 Å². The van der Waals surface area contributed by atoms with Gasteiger partial charge in [0.25, 0.3) is 0 Å². The van der Waals surface area contributed by atoms with E-state index in [1.165, 1.54) is 0 Å². The average molecular weight is 289 g/mol. The first-order chi connectivity index (χ1) is 9.36. The van der Waals surface area contributed by atoms with E-state index in [1.54, 1.807) is 5.48 Å². The molecule has 118 valence electrons. The number of urea groups is 1. The maximum Gasteiger partial charge on any atom is 0.353 e. The molecular weight excluding hydrogens is 262 g/mol. The smallest absolute Gasteiger partial charge is 0.287 e. The van der Waals surface area contributed by atoms with Crippen LogP contribution >= 0.6 is 0 Å². The number of hydrogen-bond donors (Lipinski definition) is 4. The van der Waals surface area contributed by atoms with Gasteiger partial charge < -0.3 is 0 Å². The fourth-order valence-electron chi connectivity index (χ4n) is 2.24. The predicted octanol–water partition coefficient (Wildman–Crippen LogP) is 0.955. The zero-order valence-corrected chi connectivity index (χ0v) is 12.9. The van der Waals surface area contributed by atoms with Gasteiger partial charge in [-0.1, -0.05) is 0 Å². The van der Waals surface area contributed by atoms with Crippen molar-refractivity contribution in [2.75, 3.05) is 0 Å². The zero-order chi connectivity index (χ0) is 15.3. The third-order valence-corrected chi connectivity index (χ3v) is 3.36. The van der Waals surface area contributed by atoms with Gasteiger partial charge in [-0.2, -0.15) is 5.01 Å². The van der Waals surface area contributed by atoms with E-state index < -0.39 is 6.03 Å². The molecule has 2 unspecified atom stereocenters. The maximum atomic E-state index is 11.2. The van der Waals surface area contributed by atoms with Crippen LogP contribution in [0.3, 0.4) is 0 Å². The van der Waals surface area contributed by atoms with E-state index >= 15 is 0 Å². The number of nitrogens with zero attached hydrogens (tertiary/aromatic N) is 2. The Hall–Kier alpha value is -0.930. The molecule has 2 atom stereocenters. The summed E-state index contributed by atoms with van der Waals surface area (Å²) in [7, 11) is 0. The third kappa shape index (κ3) is 4.57. The normalized spacial score (nSPS) is 21.1. The molecule has 0 aromatic heterocycles. The molecule has 4 N–H and O–H groups in total. The number of carbonyl (C=O) groups excluding carboxylic acids is 1. The van der Waals surface area contributed by atoms with Gasteiger partial charge in [-0.25, -0.2) is 15.3 Å². The van der Waals surface area contributed by atoms with Gasteiger partial charge in [0.05, 0.1) is 0 Å². The summed E-state index contributed by atoms with van der Waals surface area (Å²) >= 11 is 0. The van der Waals surface area contributed by atoms with Crippen molar-refractivity contribution in [1.29, 1.82) is 0 Å². The van der Waals surface area contributed by atoms with Crippen LogP contribution in [-0.2, 0) is 4.84 Å². The summed E-state index contributed by atoms with van der Waals surface area (Å²) in [6, 6.07) is 0.00825. The second-order valence-electron chi connectivity index (χ2n) is 5.64. The molecule has 0 radical (unpaired) electrons. The van der Waals surface area contributed by atoms with Crippen molar-refractivity contribution in [3.05, 3.63) is 0 Å². The van der Waals surface area contributed by atoms with E-state index in [1.807, 2.05) is 25.8 Å². The highest BCUT2D eigenvalue weighted by Crippen LogP contribution is 2.19. The van der Waals surface area contributed by atoms with Crippen LogP contribution in [0.4, 0.5) is 4.79 Å². The lowest BCUT2D eigenvalue weighted by Gasteiger charge is -2.43. The summed E-state index contributed by atoms with van der Waals surface area (Å²) in [5.74, 6) is 0. The van der Waals surface area contributed by atoms with Crippen molar-refractivity contribution >= 4 is 6.03 Å². The monoisotopic (exact) mass is 289 g/mol. The minimum atomic E-state index is -0.629. The van der Waals surface area contributed by atoms with E-state index in [-0.39, 0.29) is 18.3 Å². The summed E-state index contributed by atoms with van der Waals surface area (Å²) in [6.07, 6.45) is 1.79. The Bertz CT molecular complexity index is 313. The first-order valence-electron chi connectivity index (χ1n) is 7.05. The highest BCUT2D eigenvalue weighted by atomic mass is 16.8. The van der Waals surface area contributed by atoms with E-state index in [4.69, 9.17) is 10.0 Å². The van der Waals surface area contributed by atoms with E-state index in [0.717, 1.165) is 12.8 Å². The summed E-state index contributed by atoms with van der Waals surface area (Å²) in [4.78, 5) is 16.5. The zero-order valence-electron chi connectivity index (χ0n) is 12.9. The van der Waals surface area contributed by atoms with Crippen molar-refractivity contribution in [2.45, 2.75) is 71.8 Å². The number of hydrazine groups is 2. The first-order valence-corrected chi connectivity index (χ1v) is 7.05. The van der Waals surface area contributed by atoms with Gasteiger partial charge in [0.15, 0.2) is 0 Å². The summed E-state index contributed by atoms with van der Waals surface area (Å²) < 4.78 is 0. The number of hydrogen-bond acceptors (Lipinski definition) is 6. The molecule has 1 aliphatic rings. The Balaban J connectivity index is 2.42. The minimum absolute atomic E-state index is 0.0677. The largest absolute Gasteiger partial charge is 0.353 e. The molecule has 8 nitrogen and oxygen atoms in total. The van der Waals surface area contributed by atoms with Crippen molar-refractivity contribution in [3.63, 3.8) is 0 Å². The molecule has 20 heavy (non-hydrogen) atoms. The standard InChI is InChI=1S/C12H27N5O3/c1-8(2)16(13-12(18)14-19)10(5)6-7-11-17(9(3)4)15-20-11/h8-11,15,19H,6-7H2,1-5H3,(H2,13,14,18). The molecule has 1 aliphatic heterocycles. The van der Waals surface area contributed by atoms with Gasteiger partial charge in [0.2, 0.25) is 0 Å². The number of hydroxylamine groups is 1. The molecule has 0 spiro atoms. The summed E-state index contributed by atoms with van der Waals surface area (Å²) in [5.41, 5.74) is 7.02. The van der Waals surface area contributed by atoms with Crippen LogP contribution in [0.2, 0.25) is 0 Å². The second-order valence-corrected chi connectivity index (χ2v) is 5.64. The lowest BCUT2D eigenvalue weighted by Crippen LogP contribution is -2.63. The maximum absolute atomic E-state index is 11.2. The Morgan fingerprint density at radius 3 is 2.45 bits per heavy atom. The van der Waals surface area contributed by atoms with E-state index in [9.17, 15) is 4.79 Å². The number of amides is 2. The second kappa shape index (κ2) is 7.75. The van der Waals surface area contributed by atoms with Gasteiger partial charge in [-0.05, 0) is 47.5 Å². The molecule has 1 saturated heterocycles. The highest BCUT2D eigenvalue weighted by Gasteiger charge is 2.32. The quantitative estimate of drug-likeness (QED) is 0.412. The molecule has 0 aromatic rings. The molecule has 1 rings (SSSR count). The topological polar surface area (TPSA) is 89.1 Å². The van der Waals surface area contributed by atoms with Crippen molar-refractivity contribution in [1.82, 2.24) is 26.5 Å². The Kier molecular flexibility index (Phi) is 6.63. The lowest BCUT2D eigenvalue weighted by atomic mass is 10.1. The van der Waals surface area contributed by atoms with E-state index in [0.29, 0.717) is 6.04 Å². The first kappa shape index (κ1) is 17.1. The minimum Gasteiger partial charge on any atom is -0.287 e. The molecule has 1 heterocycles. The Morgan fingerprint density at radius 2 is 2.05 bits per heavy atom. The van der Waals surface area contributed by atoms with Crippen LogP contribution < -0.4 is 16.5 Å². The van der Waals surface area contributed by atoms with Gasteiger partial charge in [-0.3, -0.25) is 15.5 Å². The van der Waals surface area contributed by atoms with Crippen LogP contribution in [0.5, 0.6) is 0 Å². The third-order valence-electron chi connectivity index (χ3n) is 3.36. The Labute approximate surface area is 120 Å². The molecule has 0 bridgehead atoms. The molecule has 0 aliphatic carbocycles. The Morgan fingerprint density at radius 1 is 1.40 bits per heavy atom. The molecular formula is C12H27N5O3. The molecule has 2 amide bonds. The van der Waals surface area contributed by atoms with Gasteiger partial charge >= 0.3 is 6.03 Å². The number of carbonyl (C=O) groups is 1. The molecule has 0 aromatic carbocycles. The number of rotatable bonds is 7. The van der Waals surface area contributed by atoms with Crippen LogP contribution in [0.25, 0.3) is 0 Å². The van der Waals surface area contributed by atoms with Crippen LogP contribution in [0.1, 0.15) is 47.5 Å². The SMILES string of the molecule is CC(C)N(NC(=O)NO)C(C)CCC1ONN1C(C)C. The summed E-state index contributed by atoms with van der Waals surface area (Å²) in [5, 5.41) is 12.5. The van der Waals surface area contributed by atoms with Crippen LogP contribution in [-0.4, -0.2) is 45.6 Å². The van der Waals surface area contributed by atoms with Crippen molar-refractivity contribution < 1.29 is 14.8 Å². The fraction of sp³-hybridized carbons (Fsp3) is 0.917. The predicted molar refractivity (Wildman–Crippen MR) is 74.1 cm³/mol. The van der Waals surface area contributed by atoms with E-state index in [2.05, 4.69) is 29.9 Å². The molecule has 1 fully saturated rings. The van der Waals surface area contributed by atoms with Crippen molar-refractivity contribution in [3.8, 4) is 0 Å². The average Bonchev–Trinajstić information content (AvgIpc) is 2.32.